The van der Waals surface area contributed by atoms with Crippen molar-refractivity contribution in [2.24, 2.45) is 4.99 Å². The molecule has 16 heavy (non-hydrogen) atoms. The highest BCUT2D eigenvalue weighted by Crippen LogP contribution is 2.23. The normalized spacial score (nSPS) is 16.6. The van der Waals surface area contributed by atoms with Crippen LogP contribution in [-0.4, -0.2) is 4.98 Å². The first kappa shape index (κ1) is 9.33. The van der Waals surface area contributed by atoms with Crippen molar-refractivity contribution in [1.29, 1.82) is 0 Å². The van der Waals surface area contributed by atoms with Crippen LogP contribution in [0.2, 0.25) is 0 Å². The number of fused-ring (bicyclic) bond motifs is 2. The molecule has 0 spiro atoms. The molecule has 2 aliphatic rings. The van der Waals surface area contributed by atoms with Crippen molar-refractivity contribution in [1.82, 2.24) is 4.98 Å². The Morgan fingerprint density at radius 2 is 2.12 bits per heavy atom. The molecule has 0 saturated carbocycles. The molecule has 0 bridgehead atoms. The predicted molar refractivity (Wildman–Crippen MR) is 64.2 cm³/mol. The van der Waals surface area contributed by atoms with Gasteiger partial charge in [-0.15, -0.1) is 0 Å². The maximum Gasteiger partial charge on any atom is 0.127 e. The number of rotatable bonds is 0. The Morgan fingerprint density at radius 1 is 1.31 bits per heavy atom. The number of hydrogen-bond acceptors (Lipinski definition) is 3. The Hall–Kier alpha value is -1.90. The molecule has 1 aromatic rings. The number of aryl methyl sites for hydroxylation is 1. The van der Waals surface area contributed by atoms with Crippen LogP contribution in [0.1, 0.15) is 17.7 Å². The van der Waals surface area contributed by atoms with Crippen molar-refractivity contribution in [3.8, 4) is 0 Å². The number of nitrogens with zero attached hydrogens (tertiary/aromatic N) is 2. The first-order valence-corrected chi connectivity index (χ1v) is 5.40. The van der Waals surface area contributed by atoms with Gasteiger partial charge < -0.3 is 5.73 Å². The summed E-state index contributed by atoms with van der Waals surface area (Å²) in [5, 5.41) is 2.19. The number of aromatic nitrogens is 1. The van der Waals surface area contributed by atoms with Gasteiger partial charge in [-0.2, -0.15) is 0 Å². The van der Waals surface area contributed by atoms with Gasteiger partial charge in [-0.25, -0.2) is 9.98 Å². The van der Waals surface area contributed by atoms with E-state index in [0.29, 0.717) is 5.82 Å². The summed E-state index contributed by atoms with van der Waals surface area (Å²) < 4.78 is 0. The highest BCUT2D eigenvalue weighted by molar-refractivity contribution is 5.71. The highest BCUT2D eigenvalue weighted by atomic mass is 14.9. The Balaban J connectivity index is 2.53. The quantitative estimate of drug-likeness (QED) is 0.693. The van der Waals surface area contributed by atoms with Crippen LogP contribution in [0.25, 0.3) is 5.57 Å². The van der Waals surface area contributed by atoms with E-state index in [0.717, 1.165) is 28.7 Å². The number of allylic oxidation sites excluding steroid dienone is 4. The van der Waals surface area contributed by atoms with Crippen molar-refractivity contribution in [3.63, 3.8) is 0 Å². The predicted octanol–water partition coefficient (Wildman–Crippen LogP) is 0.908. The number of pyridine rings is 1. The van der Waals surface area contributed by atoms with E-state index >= 15 is 0 Å². The average Bonchev–Trinajstić information content (AvgIpc) is 2.66. The lowest BCUT2D eigenvalue weighted by Gasteiger charge is -2.05. The number of hydrogen-bond donors (Lipinski definition) is 1. The lowest BCUT2D eigenvalue weighted by atomic mass is 10.0. The van der Waals surface area contributed by atoms with Gasteiger partial charge in [0.2, 0.25) is 0 Å². The third-order valence-corrected chi connectivity index (χ3v) is 3.18. The third kappa shape index (κ3) is 1.08. The second-order valence-corrected chi connectivity index (χ2v) is 4.21. The van der Waals surface area contributed by atoms with Gasteiger partial charge in [0.15, 0.2) is 0 Å². The molecule has 0 amide bonds. The number of nitrogen functional groups attached to an aromatic ring is 1. The molecule has 1 aliphatic carbocycles. The van der Waals surface area contributed by atoms with E-state index in [9.17, 15) is 0 Å². The van der Waals surface area contributed by atoms with Crippen LogP contribution in [0.4, 0.5) is 5.82 Å². The molecule has 0 saturated heterocycles. The van der Waals surface area contributed by atoms with Crippen LogP contribution in [-0.2, 0) is 0 Å². The lowest BCUT2D eigenvalue weighted by molar-refractivity contribution is 1.10. The molecule has 0 aromatic carbocycles. The summed E-state index contributed by atoms with van der Waals surface area (Å²) in [7, 11) is 0. The molecule has 1 aromatic heterocycles. The fourth-order valence-electron chi connectivity index (χ4n) is 2.32. The fourth-order valence-corrected chi connectivity index (χ4v) is 2.32. The fraction of sp³-hybridized carbons (Fsp3) is 0.231. The van der Waals surface area contributed by atoms with Gasteiger partial charge >= 0.3 is 0 Å². The topological polar surface area (TPSA) is 51.3 Å². The maximum absolute atomic E-state index is 5.91. The second kappa shape index (κ2) is 3.04. The molecular weight excluding hydrogens is 198 g/mol. The molecule has 2 N–H and O–H groups in total. The molecule has 2 heterocycles. The SMILES string of the molecule is Cc1nc(N)c(C)c2c1=NC1=CC=CCC=21. The molecule has 3 rings (SSSR count). The summed E-state index contributed by atoms with van der Waals surface area (Å²) in [6.45, 7) is 3.98. The zero-order chi connectivity index (χ0) is 11.3. The van der Waals surface area contributed by atoms with Crippen LogP contribution in [0.15, 0.2) is 28.9 Å². The highest BCUT2D eigenvalue weighted by Gasteiger charge is 2.17. The minimum atomic E-state index is 0.620. The maximum atomic E-state index is 5.91. The molecule has 0 unspecified atom stereocenters. The average molecular weight is 211 g/mol. The molecule has 3 nitrogen and oxygen atoms in total. The van der Waals surface area contributed by atoms with E-state index in [4.69, 9.17) is 5.73 Å². The molecule has 80 valence electrons. The van der Waals surface area contributed by atoms with Crippen LogP contribution in [0.5, 0.6) is 0 Å². The first-order chi connectivity index (χ1) is 7.68. The van der Waals surface area contributed by atoms with E-state index in [2.05, 4.69) is 22.1 Å². The van der Waals surface area contributed by atoms with Crippen LogP contribution < -0.4 is 16.3 Å². The van der Waals surface area contributed by atoms with Gasteiger partial charge in [0, 0.05) is 10.8 Å². The monoisotopic (exact) mass is 211 g/mol. The van der Waals surface area contributed by atoms with Crippen LogP contribution in [0.3, 0.4) is 0 Å². The van der Waals surface area contributed by atoms with Crippen molar-refractivity contribution in [2.45, 2.75) is 20.3 Å². The molecular formula is C13H13N3. The summed E-state index contributed by atoms with van der Waals surface area (Å²) >= 11 is 0. The number of nitrogens with two attached hydrogens (primary N) is 1. The molecule has 1 aliphatic heterocycles. The summed E-state index contributed by atoms with van der Waals surface area (Å²) in [4.78, 5) is 8.96. The first-order valence-electron chi connectivity index (χ1n) is 5.40. The third-order valence-electron chi connectivity index (χ3n) is 3.18. The van der Waals surface area contributed by atoms with Gasteiger partial charge in [-0.3, -0.25) is 0 Å². The summed E-state index contributed by atoms with van der Waals surface area (Å²) in [6.07, 6.45) is 7.19. The Labute approximate surface area is 93.7 Å². The van der Waals surface area contributed by atoms with Crippen molar-refractivity contribution >= 4 is 11.4 Å². The van der Waals surface area contributed by atoms with E-state index < -0.39 is 0 Å². The molecule has 3 heteroatoms. The van der Waals surface area contributed by atoms with Gasteiger partial charge in [0.05, 0.1) is 16.7 Å². The number of anilines is 1. The Morgan fingerprint density at radius 3 is 2.94 bits per heavy atom. The van der Waals surface area contributed by atoms with Crippen molar-refractivity contribution < 1.29 is 0 Å². The summed E-state index contributed by atoms with van der Waals surface area (Å²) in [5.74, 6) is 0.620. The Kier molecular flexibility index (Phi) is 1.78. The molecule has 0 atom stereocenters. The summed E-state index contributed by atoms with van der Waals surface area (Å²) in [5.41, 5.74) is 10.2. The lowest BCUT2D eigenvalue weighted by Crippen LogP contribution is -2.31. The smallest absolute Gasteiger partial charge is 0.127 e. The van der Waals surface area contributed by atoms with E-state index in [1.807, 2.05) is 19.9 Å². The molecule has 0 radical (unpaired) electrons. The molecule has 0 fully saturated rings. The summed E-state index contributed by atoms with van der Waals surface area (Å²) in [6, 6.07) is 0. The van der Waals surface area contributed by atoms with E-state index in [1.165, 1.54) is 10.8 Å². The van der Waals surface area contributed by atoms with Crippen LogP contribution >= 0.6 is 0 Å². The van der Waals surface area contributed by atoms with Crippen molar-refractivity contribution in [2.75, 3.05) is 5.73 Å². The van der Waals surface area contributed by atoms with Crippen molar-refractivity contribution in [3.05, 3.63) is 45.8 Å². The van der Waals surface area contributed by atoms with Gasteiger partial charge in [-0.1, -0.05) is 12.2 Å². The van der Waals surface area contributed by atoms with E-state index in [1.54, 1.807) is 0 Å². The minimum absolute atomic E-state index is 0.620. The van der Waals surface area contributed by atoms with Crippen LogP contribution in [0, 0.1) is 13.8 Å². The largest absolute Gasteiger partial charge is 0.383 e. The Bertz CT molecular complexity index is 663. The second-order valence-electron chi connectivity index (χ2n) is 4.21. The zero-order valence-corrected chi connectivity index (χ0v) is 9.41. The van der Waals surface area contributed by atoms with Gasteiger partial charge in [-0.05, 0) is 31.9 Å². The van der Waals surface area contributed by atoms with Gasteiger partial charge in [0.25, 0.3) is 0 Å². The minimum Gasteiger partial charge on any atom is -0.383 e. The van der Waals surface area contributed by atoms with E-state index in [-0.39, 0.29) is 0 Å². The standard InChI is InChI=1S/C13H13N3/c1-7-11-9-5-3-4-6-10(9)16-12(11)8(2)15-13(7)14/h3-4,6H,5,14H2,1-2H3. The zero-order valence-electron chi connectivity index (χ0n) is 9.41. The van der Waals surface area contributed by atoms with Gasteiger partial charge in [0.1, 0.15) is 5.82 Å².